The molecule has 0 radical (unpaired) electrons. The second-order valence-electron chi connectivity index (χ2n) is 6.60. The van der Waals surface area contributed by atoms with E-state index in [1.165, 1.54) is 0 Å². The average Bonchev–Trinajstić information content (AvgIpc) is 3.11. The first kappa shape index (κ1) is 17.7. The molecule has 1 aromatic heterocycles. The van der Waals surface area contributed by atoms with Crippen LogP contribution < -0.4 is 19.7 Å². The van der Waals surface area contributed by atoms with Crippen LogP contribution in [-0.4, -0.2) is 43.4 Å². The number of benzene rings is 2. The summed E-state index contributed by atoms with van der Waals surface area (Å²) in [5, 5.41) is 14.2. The molecule has 0 aliphatic carbocycles. The molecule has 1 aliphatic heterocycles. The SMILES string of the molecule is COc1cccc(NC2CCN(c3nc4cc(O)ccc4s3)CC2)c1OC. The molecule has 1 saturated heterocycles. The molecule has 142 valence electrons. The van der Waals surface area contributed by atoms with Crippen molar-refractivity contribution in [3.63, 3.8) is 0 Å². The number of hydrogen-bond acceptors (Lipinski definition) is 7. The van der Waals surface area contributed by atoms with Crippen molar-refractivity contribution < 1.29 is 14.6 Å². The normalized spacial score (nSPS) is 15.1. The molecule has 4 rings (SSSR count). The van der Waals surface area contributed by atoms with Crippen LogP contribution in [0.1, 0.15) is 12.8 Å². The molecule has 1 fully saturated rings. The first-order valence-corrected chi connectivity index (χ1v) is 9.81. The van der Waals surface area contributed by atoms with Crippen molar-refractivity contribution in [3.8, 4) is 17.2 Å². The van der Waals surface area contributed by atoms with Gasteiger partial charge in [0.05, 0.1) is 30.1 Å². The van der Waals surface area contributed by atoms with E-state index in [4.69, 9.17) is 9.47 Å². The standard InChI is InChI=1S/C20H23N3O3S/c1-25-17-5-3-4-15(19(17)26-2)21-13-8-10-23(11-9-13)20-22-16-12-14(24)6-7-18(16)27-20/h3-7,12-13,21,24H,8-11H2,1-2H3. The molecule has 1 aliphatic rings. The predicted molar refractivity (Wildman–Crippen MR) is 110 cm³/mol. The van der Waals surface area contributed by atoms with Crippen LogP contribution in [0.3, 0.4) is 0 Å². The molecule has 27 heavy (non-hydrogen) atoms. The fraction of sp³-hybridized carbons (Fsp3) is 0.350. The van der Waals surface area contributed by atoms with Crippen LogP contribution in [0.4, 0.5) is 10.8 Å². The van der Waals surface area contributed by atoms with E-state index >= 15 is 0 Å². The van der Waals surface area contributed by atoms with E-state index in [0.29, 0.717) is 6.04 Å². The second kappa shape index (κ2) is 7.52. The van der Waals surface area contributed by atoms with Crippen molar-refractivity contribution in [2.24, 2.45) is 0 Å². The first-order chi connectivity index (χ1) is 13.2. The van der Waals surface area contributed by atoms with Crippen LogP contribution in [0.25, 0.3) is 10.2 Å². The highest BCUT2D eigenvalue weighted by molar-refractivity contribution is 7.22. The maximum absolute atomic E-state index is 9.63. The van der Waals surface area contributed by atoms with Crippen LogP contribution in [-0.2, 0) is 0 Å². The van der Waals surface area contributed by atoms with Gasteiger partial charge in [-0.3, -0.25) is 0 Å². The van der Waals surface area contributed by atoms with Gasteiger partial charge in [0, 0.05) is 25.2 Å². The van der Waals surface area contributed by atoms with Gasteiger partial charge in [-0.25, -0.2) is 4.98 Å². The highest BCUT2D eigenvalue weighted by Gasteiger charge is 2.23. The third-order valence-electron chi connectivity index (χ3n) is 4.89. The fourth-order valence-electron chi connectivity index (χ4n) is 3.47. The molecule has 0 bridgehead atoms. The number of anilines is 2. The van der Waals surface area contributed by atoms with E-state index in [-0.39, 0.29) is 5.75 Å². The molecule has 2 N–H and O–H groups in total. The Labute approximate surface area is 162 Å². The Morgan fingerprint density at radius 2 is 1.96 bits per heavy atom. The summed E-state index contributed by atoms with van der Waals surface area (Å²) in [7, 11) is 3.31. The van der Waals surface area contributed by atoms with Crippen molar-refractivity contribution in [1.82, 2.24) is 4.98 Å². The zero-order chi connectivity index (χ0) is 18.8. The minimum Gasteiger partial charge on any atom is -0.508 e. The average molecular weight is 385 g/mol. The molecule has 7 heteroatoms. The van der Waals surface area contributed by atoms with Gasteiger partial charge in [-0.15, -0.1) is 0 Å². The number of fused-ring (bicyclic) bond motifs is 1. The molecule has 3 aromatic rings. The lowest BCUT2D eigenvalue weighted by atomic mass is 10.0. The van der Waals surface area contributed by atoms with Gasteiger partial charge >= 0.3 is 0 Å². The lowest BCUT2D eigenvalue weighted by molar-refractivity contribution is 0.355. The molecule has 0 saturated carbocycles. The summed E-state index contributed by atoms with van der Waals surface area (Å²) in [5.74, 6) is 1.74. The van der Waals surface area contributed by atoms with Crippen LogP contribution in [0.2, 0.25) is 0 Å². The summed E-state index contributed by atoms with van der Waals surface area (Å²) in [6, 6.07) is 11.6. The van der Waals surface area contributed by atoms with Crippen LogP contribution >= 0.6 is 11.3 Å². The number of nitrogens with zero attached hydrogens (tertiary/aromatic N) is 2. The Balaban J connectivity index is 1.43. The van der Waals surface area contributed by atoms with Crippen molar-refractivity contribution >= 4 is 32.4 Å². The number of para-hydroxylation sites is 1. The molecular weight excluding hydrogens is 362 g/mol. The van der Waals surface area contributed by atoms with E-state index in [9.17, 15) is 5.11 Å². The van der Waals surface area contributed by atoms with E-state index in [1.807, 2.05) is 24.3 Å². The minimum atomic E-state index is 0.259. The maximum Gasteiger partial charge on any atom is 0.186 e. The van der Waals surface area contributed by atoms with Gasteiger partial charge in [-0.2, -0.15) is 0 Å². The van der Waals surface area contributed by atoms with E-state index in [0.717, 1.165) is 58.5 Å². The molecular formula is C20H23N3O3S. The summed E-state index contributed by atoms with van der Waals surface area (Å²) < 4.78 is 12.0. The summed E-state index contributed by atoms with van der Waals surface area (Å²) >= 11 is 1.68. The largest absolute Gasteiger partial charge is 0.508 e. The first-order valence-electron chi connectivity index (χ1n) is 9.00. The Morgan fingerprint density at radius 1 is 1.15 bits per heavy atom. The van der Waals surface area contributed by atoms with E-state index < -0.39 is 0 Å². The zero-order valence-corrected chi connectivity index (χ0v) is 16.3. The monoisotopic (exact) mass is 385 g/mol. The van der Waals surface area contributed by atoms with Gasteiger partial charge < -0.3 is 24.8 Å². The Bertz CT molecular complexity index is 935. The van der Waals surface area contributed by atoms with Crippen molar-refractivity contribution in [2.45, 2.75) is 18.9 Å². The fourth-order valence-corrected chi connectivity index (χ4v) is 4.47. The van der Waals surface area contributed by atoms with Crippen LogP contribution in [0.15, 0.2) is 36.4 Å². The number of phenols is 1. The molecule has 0 amide bonds. The number of ether oxygens (including phenoxy) is 2. The van der Waals surface area contributed by atoms with Gasteiger partial charge in [0.1, 0.15) is 5.75 Å². The number of nitrogens with one attached hydrogen (secondary N) is 1. The topological polar surface area (TPSA) is 66.9 Å². The number of thiazole rings is 1. The van der Waals surface area contributed by atoms with Crippen molar-refractivity contribution in [3.05, 3.63) is 36.4 Å². The molecule has 0 unspecified atom stereocenters. The summed E-state index contributed by atoms with van der Waals surface area (Å²) in [4.78, 5) is 7.01. The predicted octanol–water partition coefficient (Wildman–Crippen LogP) is 4.10. The highest BCUT2D eigenvalue weighted by Crippen LogP contribution is 2.36. The van der Waals surface area contributed by atoms with E-state index in [1.54, 1.807) is 37.7 Å². The van der Waals surface area contributed by atoms with Crippen molar-refractivity contribution in [2.75, 3.05) is 37.5 Å². The number of aromatic hydroxyl groups is 1. The van der Waals surface area contributed by atoms with Gasteiger partial charge in [-0.1, -0.05) is 17.4 Å². The molecule has 0 atom stereocenters. The number of phenolic OH excluding ortho intramolecular Hbond substituents is 1. The summed E-state index contributed by atoms with van der Waals surface area (Å²) in [5.41, 5.74) is 1.82. The number of aromatic nitrogens is 1. The number of piperidine rings is 1. The smallest absolute Gasteiger partial charge is 0.186 e. The molecule has 2 aromatic carbocycles. The van der Waals surface area contributed by atoms with Crippen LogP contribution in [0.5, 0.6) is 17.2 Å². The molecule has 0 spiro atoms. The molecule has 6 nitrogen and oxygen atoms in total. The van der Waals surface area contributed by atoms with Crippen molar-refractivity contribution in [1.29, 1.82) is 0 Å². The summed E-state index contributed by atoms with van der Waals surface area (Å²) in [6.07, 6.45) is 2.03. The van der Waals surface area contributed by atoms with Crippen LogP contribution in [0, 0.1) is 0 Å². The third-order valence-corrected chi connectivity index (χ3v) is 5.99. The zero-order valence-electron chi connectivity index (χ0n) is 15.4. The Morgan fingerprint density at radius 3 is 2.70 bits per heavy atom. The Kier molecular flexibility index (Phi) is 4.94. The van der Waals surface area contributed by atoms with Gasteiger partial charge in [0.15, 0.2) is 16.6 Å². The number of methoxy groups -OCH3 is 2. The van der Waals surface area contributed by atoms with E-state index in [2.05, 4.69) is 15.2 Å². The minimum absolute atomic E-state index is 0.259. The Hall–Kier alpha value is -2.67. The van der Waals surface area contributed by atoms with Gasteiger partial charge in [0.2, 0.25) is 0 Å². The molecule has 2 heterocycles. The lowest BCUT2D eigenvalue weighted by Crippen LogP contribution is -2.39. The highest BCUT2D eigenvalue weighted by atomic mass is 32.1. The number of rotatable bonds is 5. The summed E-state index contributed by atoms with van der Waals surface area (Å²) in [6.45, 7) is 1.88. The third kappa shape index (κ3) is 3.60. The van der Waals surface area contributed by atoms with Gasteiger partial charge in [-0.05, 0) is 37.1 Å². The lowest BCUT2D eigenvalue weighted by Gasteiger charge is -2.33. The quantitative estimate of drug-likeness (QED) is 0.689. The van der Waals surface area contributed by atoms with Gasteiger partial charge in [0.25, 0.3) is 0 Å². The second-order valence-corrected chi connectivity index (χ2v) is 7.60. The number of hydrogen-bond donors (Lipinski definition) is 2. The maximum atomic E-state index is 9.63.